The second-order valence-corrected chi connectivity index (χ2v) is 8.59. The lowest BCUT2D eigenvalue weighted by Crippen LogP contribution is -2.48. The molecule has 0 aromatic heterocycles. The molecule has 1 aliphatic rings. The van der Waals surface area contributed by atoms with Crippen molar-refractivity contribution in [2.45, 2.75) is 39.8 Å². The second kappa shape index (κ2) is 8.90. The predicted molar refractivity (Wildman–Crippen MR) is 109 cm³/mol. The highest BCUT2D eigenvalue weighted by Gasteiger charge is 2.58. The number of carbonyl (C=O) groups excluding carboxylic acids is 3. The van der Waals surface area contributed by atoms with Crippen LogP contribution in [0.2, 0.25) is 0 Å². The number of rotatable bonds is 5. The zero-order valence-corrected chi connectivity index (χ0v) is 18.2. The second-order valence-electron chi connectivity index (χ2n) is 7.67. The number of ketones is 1. The maximum Gasteiger partial charge on any atom is 0.411 e. The van der Waals surface area contributed by atoms with Crippen LogP contribution in [0.25, 0.3) is 0 Å². The van der Waals surface area contributed by atoms with Gasteiger partial charge in [-0.15, -0.1) is 0 Å². The molecule has 0 bridgehead atoms. The van der Waals surface area contributed by atoms with Crippen LogP contribution in [0.4, 0.5) is 4.79 Å². The minimum Gasteiger partial charge on any atom is -0.464 e. The molecule has 0 N–H and O–H groups in total. The van der Waals surface area contributed by atoms with Crippen LogP contribution in [-0.2, 0) is 19.1 Å². The first-order valence-corrected chi connectivity index (χ1v) is 9.94. The molecule has 1 saturated heterocycles. The Balaban J connectivity index is 2.62. The third-order valence-corrected chi connectivity index (χ3v) is 5.12. The molecule has 0 aliphatic carbocycles. The first kappa shape index (κ1) is 22.1. The van der Waals surface area contributed by atoms with Crippen LogP contribution in [0, 0.1) is 11.3 Å². The number of Topliss-reactive ketones (excluding diaryl/α,β-unsaturated/α-hetero) is 1. The maximum absolute atomic E-state index is 13.5. The predicted octanol–water partition coefficient (Wildman–Crippen LogP) is 4.29. The lowest BCUT2D eigenvalue weighted by atomic mass is 9.74. The first-order chi connectivity index (χ1) is 13.1. The minimum absolute atomic E-state index is 0.0234. The van der Waals surface area contributed by atoms with Gasteiger partial charge in [0.05, 0.1) is 12.5 Å². The molecule has 152 valence electrons. The summed E-state index contributed by atoms with van der Waals surface area (Å²) < 4.78 is 11.2. The van der Waals surface area contributed by atoms with Crippen LogP contribution >= 0.6 is 15.9 Å². The highest BCUT2D eigenvalue weighted by atomic mass is 79.9. The van der Waals surface area contributed by atoms with Crippen molar-refractivity contribution in [2.24, 2.45) is 11.3 Å². The average molecular weight is 452 g/mol. The zero-order chi connectivity index (χ0) is 21.1. The van der Waals surface area contributed by atoms with Gasteiger partial charge in [-0.2, -0.15) is 0 Å². The summed E-state index contributed by atoms with van der Waals surface area (Å²) in [5, 5.41) is 0. The van der Waals surface area contributed by atoms with E-state index < -0.39 is 35.5 Å². The van der Waals surface area contributed by atoms with E-state index in [1.807, 2.05) is 26.8 Å². The Hall–Kier alpha value is -2.15. The van der Waals surface area contributed by atoms with Gasteiger partial charge < -0.3 is 9.47 Å². The van der Waals surface area contributed by atoms with Crippen LogP contribution in [0.15, 0.2) is 41.4 Å². The highest BCUT2D eigenvalue weighted by molar-refractivity contribution is 9.10. The van der Waals surface area contributed by atoms with Crippen molar-refractivity contribution in [1.29, 1.82) is 0 Å². The Kier molecular flexibility index (Phi) is 7.04. The van der Waals surface area contributed by atoms with Crippen LogP contribution in [0.3, 0.4) is 0 Å². The summed E-state index contributed by atoms with van der Waals surface area (Å²) in [7, 11) is 0. The Morgan fingerprint density at radius 2 is 1.96 bits per heavy atom. The van der Waals surface area contributed by atoms with Crippen molar-refractivity contribution < 1.29 is 23.9 Å². The Labute approximate surface area is 174 Å². The summed E-state index contributed by atoms with van der Waals surface area (Å²) in [6, 6.07) is 5.14. The molecule has 0 spiro atoms. The Morgan fingerprint density at radius 1 is 1.29 bits per heavy atom. The SMILES string of the molecule is C=CCOC(=O)N1[C@@H](c2cccc(Br)c2)C(=O)[C@H](C(C)(C)C)[C@H]1C(=O)OCC. The molecule has 1 aromatic carbocycles. The van der Waals surface area contributed by atoms with Gasteiger partial charge >= 0.3 is 12.1 Å². The number of hydrogen-bond acceptors (Lipinski definition) is 5. The summed E-state index contributed by atoms with van der Waals surface area (Å²) in [4.78, 5) is 40.4. The first-order valence-electron chi connectivity index (χ1n) is 9.15. The van der Waals surface area contributed by atoms with Gasteiger partial charge in [0.2, 0.25) is 0 Å². The molecule has 1 aromatic rings. The third kappa shape index (κ3) is 4.46. The summed E-state index contributed by atoms with van der Waals surface area (Å²) in [5.74, 6) is -1.55. The molecule has 6 nitrogen and oxygen atoms in total. The van der Waals surface area contributed by atoms with Gasteiger partial charge in [0.15, 0.2) is 5.78 Å². The quantitative estimate of drug-likeness (QED) is 0.492. The molecule has 28 heavy (non-hydrogen) atoms. The van der Waals surface area contributed by atoms with Gasteiger partial charge in [-0.25, -0.2) is 9.59 Å². The number of carbonyl (C=O) groups is 3. The fraction of sp³-hybridized carbons (Fsp3) is 0.476. The van der Waals surface area contributed by atoms with E-state index in [1.165, 1.54) is 11.0 Å². The van der Waals surface area contributed by atoms with E-state index in [-0.39, 0.29) is 19.0 Å². The van der Waals surface area contributed by atoms with E-state index in [4.69, 9.17) is 9.47 Å². The number of esters is 1. The van der Waals surface area contributed by atoms with Crippen molar-refractivity contribution in [1.82, 2.24) is 4.90 Å². The van der Waals surface area contributed by atoms with Crippen molar-refractivity contribution in [3.8, 4) is 0 Å². The fourth-order valence-electron chi connectivity index (χ4n) is 3.59. The topological polar surface area (TPSA) is 72.9 Å². The van der Waals surface area contributed by atoms with Crippen LogP contribution in [0.5, 0.6) is 0 Å². The zero-order valence-electron chi connectivity index (χ0n) is 16.6. The molecular weight excluding hydrogens is 426 g/mol. The van der Waals surface area contributed by atoms with Crippen LogP contribution in [0.1, 0.15) is 39.3 Å². The summed E-state index contributed by atoms with van der Waals surface area (Å²) in [6.45, 7) is 11.0. The number of halogens is 1. The lowest BCUT2D eigenvalue weighted by molar-refractivity contribution is -0.151. The summed E-state index contributed by atoms with van der Waals surface area (Å²) in [5.41, 5.74) is 0.0441. The Bertz CT molecular complexity index is 770. The molecule has 0 radical (unpaired) electrons. The molecular formula is C21H26BrNO5. The third-order valence-electron chi connectivity index (χ3n) is 4.63. The average Bonchev–Trinajstić information content (AvgIpc) is 2.93. The van der Waals surface area contributed by atoms with Crippen molar-refractivity contribution >= 4 is 33.8 Å². The van der Waals surface area contributed by atoms with Crippen molar-refractivity contribution in [3.05, 3.63) is 47.0 Å². The minimum atomic E-state index is -1.06. The molecule has 1 aliphatic heterocycles. The summed E-state index contributed by atoms with van der Waals surface area (Å²) in [6.07, 6.45) is 0.688. The molecule has 1 fully saturated rings. The standard InChI is InChI=1S/C21H26BrNO5/c1-6-11-28-20(26)23-16(13-9-8-10-14(22)12-13)18(24)15(21(3,4)5)17(23)19(25)27-7-2/h6,8-10,12,15-17H,1,7,11H2,2-5H3/t15-,16+,17+/m1/s1. The van der Waals surface area contributed by atoms with E-state index in [1.54, 1.807) is 25.1 Å². The van der Waals surface area contributed by atoms with E-state index >= 15 is 0 Å². The normalized spacial score (nSPS) is 22.1. The van der Waals surface area contributed by atoms with Gasteiger partial charge in [-0.1, -0.05) is 61.5 Å². The van der Waals surface area contributed by atoms with Gasteiger partial charge in [-0.05, 0) is 30.0 Å². The van der Waals surface area contributed by atoms with E-state index in [0.717, 1.165) is 4.47 Å². The highest BCUT2D eigenvalue weighted by Crippen LogP contribution is 2.46. The van der Waals surface area contributed by atoms with Crippen molar-refractivity contribution in [3.63, 3.8) is 0 Å². The van der Waals surface area contributed by atoms with Crippen molar-refractivity contribution in [2.75, 3.05) is 13.2 Å². The number of hydrogen-bond donors (Lipinski definition) is 0. The molecule has 0 unspecified atom stereocenters. The lowest BCUT2D eigenvalue weighted by Gasteiger charge is -2.32. The molecule has 3 atom stereocenters. The number of amides is 1. The van der Waals surface area contributed by atoms with Gasteiger partial charge in [0.25, 0.3) is 0 Å². The maximum atomic E-state index is 13.5. The van der Waals surface area contributed by atoms with Gasteiger partial charge in [0, 0.05) is 4.47 Å². The van der Waals surface area contributed by atoms with Crippen LogP contribution in [-0.4, -0.2) is 42.0 Å². The Morgan fingerprint density at radius 3 is 2.50 bits per heavy atom. The molecule has 0 saturated carbocycles. The molecule has 1 amide bonds. The van der Waals surface area contributed by atoms with E-state index in [2.05, 4.69) is 22.5 Å². The smallest absolute Gasteiger partial charge is 0.411 e. The van der Waals surface area contributed by atoms with E-state index in [9.17, 15) is 14.4 Å². The number of nitrogens with zero attached hydrogens (tertiary/aromatic N) is 1. The molecule has 1 heterocycles. The van der Waals surface area contributed by atoms with E-state index in [0.29, 0.717) is 5.56 Å². The van der Waals surface area contributed by atoms with Crippen LogP contribution < -0.4 is 0 Å². The number of likely N-dealkylation sites (tertiary alicyclic amines) is 1. The molecule has 7 heteroatoms. The summed E-state index contributed by atoms with van der Waals surface area (Å²) >= 11 is 3.40. The number of benzene rings is 1. The monoisotopic (exact) mass is 451 g/mol. The van der Waals surface area contributed by atoms with Gasteiger partial charge in [0.1, 0.15) is 18.7 Å². The molecule has 2 rings (SSSR count). The number of ether oxygens (including phenoxy) is 2. The fourth-order valence-corrected chi connectivity index (χ4v) is 4.00. The largest absolute Gasteiger partial charge is 0.464 e. The van der Waals surface area contributed by atoms with Gasteiger partial charge in [-0.3, -0.25) is 9.69 Å².